The molecule has 1 heterocycles. The Balaban J connectivity index is 2.62. The van der Waals surface area contributed by atoms with Crippen LogP contribution in [0, 0.1) is 6.92 Å². The molecule has 0 saturated heterocycles. The highest BCUT2D eigenvalue weighted by Gasteiger charge is 2.12. The van der Waals surface area contributed by atoms with Gasteiger partial charge >= 0.3 is 0 Å². The summed E-state index contributed by atoms with van der Waals surface area (Å²) in [6.07, 6.45) is 0. The molecule has 80 valence electrons. The molecular formula is C13H8Br2O. The van der Waals surface area contributed by atoms with Gasteiger partial charge in [-0.1, -0.05) is 27.6 Å². The number of aryl methyl sites for hydroxylation is 1. The van der Waals surface area contributed by atoms with E-state index in [9.17, 15) is 0 Å². The van der Waals surface area contributed by atoms with Crippen molar-refractivity contribution in [2.75, 3.05) is 0 Å². The lowest BCUT2D eigenvalue weighted by atomic mass is 10.1. The summed E-state index contributed by atoms with van der Waals surface area (Å²) in [5.74, 6) is 0. The molecule has 3 aromatic rings. The number of halogens is 2. The van der Waals surface area contributed by atoms with E-state index in [0.29, 0.717) is 0 Å². The number of furan rings is 1. The van der Waals surface area contributed by atoms with E-state index >= 15 is 0 Å². The molecule has 1 nitrogen and oxygen atoms in total. The lowest BCUT2D eigenvalue weighted by Crippen LogP contribution is -1.73. The Labute approximate surface area is 110 Å². The molecule has 3 rings (SSSR count). The van der Waals surface area contributed by atoms with Crippen molar-refractivity contribution >= 4 is 53.8 Å². The fourth-order valence-electron chi connectivity index (χ4n) is 1.92. The molecule has 0 fully saturated rings. The third-order valence-corrected chi connectivity index (χ3v) is 3.96. The van der Waals surface area contributed by atoms with Gasteiger partial charge in [0.25, 0.3) is 0 Å². The molecule has 16 heavy (non-hydrogen) atoms. The maximum Gasteiger partial charge on any atom is 0.150 e. The summed E-state index contributed by atoms with van der Waals surface area (Å²) in [4.78, 5) is 0. The zero-order chi connectivity index (χ0) is 11.3. The van der Waals surface area contributed by atoms with E-state index in [-0.39, 0.29) is 0 Å². The lowest BCUT2D eigenvalue weighted by molar-refractivity contribution is 0.666. The lowest BCUT2D eigenvalue weighted by Gasteiger charge is -1.96. The highest BCUT2D eigenvalue weighted by atomic mass is 79.9. The smallest absolute Gasteiger partial charge is 0.150 e. The fourth-order valence-corrected chi connectivity index (χ4v) is 2.86. The minimum atomic E-state index is 0.898. The van der Waals surface area contributed by atoms with Crippen molar-refractivity contribution in [2.45, 2.75) is 6.92 Å². The first-order valence-electron chi connectivity index (χ1n) is 4.93. The molecule has 0 aliphatic carbocycles. The highest BCUT2D eigenvalue weighted by Crippen LogP contribution is 2.38. The standard InChI is InChI=1S/C13H8Br2O/c1-7-2-5-11-8(6-7)12-9(14)3-4-10(15)13(12)16-11/h2-6H,1H3. The summed E-state index contributed by atoms with van der Waals surface area (Å²) in [5, 5.41) is 2.29. The summed E-state index contributed by atoms with van der Waals surface area (Å²) in [5.41, 5.74) is 3.06. The predicted molar refractivity (Wildman–Crippen MR) is 73.9 cm³/mol. The second kappa shape index (κ2) is 3.60. The molecule has 2 aromatic carbocycles. The summed E-state index contributed by atoms with van der Waals surface area (Å²) in [6, 6.07) is 10.2. The summed E-state index contributed by atoms with van der Waals surface area (Å²) in [6.45, 7) is 2.09. The molecule has 0 spiro atoms. The number of benzene rings is 2. The molecule has 3 heteroatoms. The first-order valence-corrected chi connectivity index (χ1v) is 6.52. The maximum atomic E-state index is 5.84. The minimum Gasteiger partial charge on any atom is -0.455 e. The van der Waals surface area contributed by atoms with Gasteiger partial charge < -0.3 is 4.42 Å². The Bertz CT molecular complexity index is 698. The van der Waals surface area contributed by atoms with Crippen LogP contribution in [0.2, 0.25) is 0 Å². The van der Waals surface area contributed by atoms with E-state index in [4.69, 9.17) is 4.42 Å². The maximum absolute atomic E-state index is 5.84. The number of fused-ring (bicyclic) bond motifs is 3. The van der Waals surface area contributed by atoms with Crippen LogP contribution in [0.4, 0.5) is 0 Å². The minimum absolute atomic E-state index is 0.898. The van der Waals surface area contributed by atoms with Gasteiger partial charge in [-0.3, -0.25) is 0 Å². The second-order valence-corrected chi connectivity index (χ2v) is 5.54. The van der Waals surface area contributed by atoms with Gasteiger partial charge in [0, 0.05) is 15.2 Å². The third-order valence-electron chi connectivity index (χ3n) is 2.68. The first kappa shape index (κ1) is 10.4. The Kier molecular flexibility index (Phi) is 2.33. The second-order valence-electron chi connectivity index (χ2n) is 3.84. The van der Waals surface area contributed by atoms with Gasteiger partial charge in [-0.2, -0.15) is 0 Å². The highest BCUT2D eigenvalue weighted by molar-refractivity contribution is 9.11. The molecule has 0 unspecified atom stereocenters. The van der Waals surface area contributed by atoms with Crippen molar-refractivity contribution < 1.29 is 4.42 Å². The summed E-state index contributed by atoms with van der Waals surface area (Å²) in [7, 11) is 0. The van der Waals surface area contributed by atoms with E-state index in [1.165, 1.54) is 5.56 Å². The van der Waals surface area contributed by atoms with E-state index in [1.54, 1.807) is 0 Å². The largest absolute Gasteiger partial charge is 0.455 e. The van der Waals surface area contributed by atoms with Crippen LogP contribution >= 0.6 is 31.9 Å². The van der Waals surface area contributed by atoms with Crippen LogP contribution in [-0.4, -0.2) is 0 Å². The monoisotopic (exact) mass is 338 g/mol. The number of hydrogen-bond acceptors (Lipinski definition) is 1. The molecular weight excluding hydrogens is 332 g/mol. The topological polar surface area (TPSA) is 13.1 Å². The zero-order valence-corrected chi connectivity index (χ0v) is 11.7. The Morgan fingerprint density at radius 2 is 1.75 bits per heavy atom. The van der Waals surface area contributed by atoms with Crippen LogP contribution in [0.3, 0.4) is 0 Å². The van der Waals surface area contributed by atoms with Gasteiger partial charge in [-0.25, -0.2) is 0 Å². The van der Waals surface area contributed by atoms with Gasteiger partial charge in [0.05, 0.1) is 4.47 Å². The molecule has 0 N–H and O–H groups in total. The van der Waals surface area contributed by atoms with Crippen molar-refractivity contribution in [3.63, 3.8) is 0 Å². The van der Waals surface area contributed by atoms with E-state index in [0.717, 1.165) is 30.9 Å². The Morgan fingerprint density at radius 3 is 2.56 bits per heavy atom. The van der Waals surface area contributed by atoms with E-state index in [1.807, 2.05) is 18.2 Å². The summed E-state index contributed by atoms with van der Waals surface area (Å²) >= 11 is 7.09. The van der Waals surface area contributed by atoms with Crippen LogP contribution in [0.5, 0.6) is 0 Å². The van der Waals surface area contributed by atoms with Crippen molar-refractivity contribution in [2.24, 2.45) is 0 Å². The SMILES string of the molecule is Cc1ccc2oc3c(Br)ccc(Br)c3c2c1. The van der Waals surface area contributed by atoms with Crippen molar-refractivity contribution in [1.29, 1.82) is 0 Å². The Hall–Kier alpha value is -0.800. The average Bonchev–Trinajstić information content (AvgIpc) is 2.63. The predicted octanol–water partition coefficient (Wildman–Crippen LogP) is 5.42. The zero-order valence-electron chi connectivity index (χ0n) is 8.55. The number of rotatable bonds is 0. The molecule has 0 amide bonds. The average molecular weight is 340 g/mol. The van der Waals surface area contributed by atoms with Crippen LogP contribution in [0.1, 0.15) is 5.56 Å². The van der Waals surface area contributed by atoms with E-state index in [2.05, 4.69) is 50.9 Å². The molecule has 0 saturated carbocycles. The van der Waals surface area contributed by atoms with Crippen LogP contribution < -0.4 is 0 Å². The van der Waals surface area contributed by atoms with Crippen LogP contribution in [0.25, 0.3) is 21.9 Å². The normalized spacial score (nSPS) is 11.4. The van der Waals surface area contributed by atoms with Gasteiger partial charge in [-0.05, 0) is 47.1 Å². The summed E-state index contributed by atoms with van der Waals surface area (Å²) < 4.78 is 7.89. The van der Waals surface area contributed by atoms with Crippen LogP contribution in [-0.2, 0) is 0 Å². The molecule has 0 radical (unpaired) electrons. The van der Waals surface area contributed by atoms with Gasteiger partial charge in [0.2, 0.25) is 0 Å². The van der Waals surface area contributed by atoms with Gasteiger partial charge in [-0.15, -0.1) is 0 Å². The number of hydrogen-bond donors (Lipinski definition) is 0. The van der Waals surface area contributed by atoms with Crippen molar-refractivity contribution in [3.8, 4) is 0 Å². The van der Waals surface area contributed by atoms with Crippen LogP contribution in [0.15, 0.2) is 43.7 Å². The molecule has 0 aliphatic heterocycles. The Morgan fingerprint density at radius 1 is 1.00 bits per heavy atom. The quantitative estimate of drug-likeness (QED) is 0.533. The fraction of sp³-hybridized carbons (Fsp3) is 0.0769. The van der Waals surface area contributed by atoms with Crippen molar-refractivity contribution in [1.82, 2.24) is 0 Å². The molecule has 1 aromatic heterocycles. The molecule has 0 atom stereocenters. The van der Waals surface area contributed by atoms with E-state index < -0.39 is 0 Å². The van der Waals surface area contributed by atoms with Crippen molar-refractivity contribution in [3.05, 3.63) is 44.8 Å². The molecule has 0 bridgehead atoms. The molecule has 0 aliphatic rings. The van der Waals surface area contributed by atoms with Gasteiger partial charge in [0.15, 0.2) is 5.58 Å². The third kappa shape index (κ3) is 1.42. The first-order chi connectivity index (χ1) is 7.66. The van der Waals surface area contributed by atoms with Gasteiger partial charge in [0.1, 0.15) is 5.58 Å².